The van der Waals surface area contributed by atoms with Gasteiger partial charge in [0.15, 0.2) is 0 Å². The summed E-state index contributed by atoms with van der Waals surface area (Å²) in [6.07, 6.45) is 1.64. The van der Waals surface area contributed by atoms with Crippen LogP contribution in [0.1, 0.15) is 5.69 Å². The SMILES string of the molecule is N#Cc1ccc(Sc2cc(Cl)ccc2Cl)cn1. The summed E-state index contributed by atoms with van der Waals surface area (Å²) >= 11 is 13.4. The van der Waals surface area contributed by atoms with Crippen LogP contribution in [0.5, 0.6) is 0 Å². The maximum absolute atomic E-state index is 8.64. The summed E-state index contributed by atoms with van der Waals surface area (Å²) < 4.78 is 0. The van der Waals surface area contributed by atoms with Crippen LogP contribution in [0.2, 0.25) is 10.0 Å². The number of hydrogen-bond acceptors (Lipinski definition) is 3. The summed E-state index contributed by atoms with van der Waals surface area (Å²) in [5.41, 5.74) is 0.395. The molecule has 0 saturated heterocycles. The van der Waals surface area contributed by atoms with Gasteiger partial charge in [0, 0.05) is 21.0 Å². The molecular weight excluding hydrogens is 275 g/mol. The average molecular weight is 281 g/mol. The van der Waals surface area contributed by atoms with Gasteiger partial charge in [-0.05, 0) is 30.3 Å². The normalized spacial score (nSPS) is 9.94. The Morgan fingerprint density at radius 1 is 1.18 bits per heavy atom. The molecule has 0 N–H and O–H groups in total. The van der Waals surface area contributed by atoms with Crippen molar-refractivity contribution in [2.75, 3.05) is 0 Å². The maximum atomic E-state index is 8.64. The van der Waals surface area contributed by atoms with Gasteiger partial charge in [-0.15, -0.1) is 0 Å². The molecule has 0 bridgehead atoms. The van der Waals surface area contributed by atoms with Gasteiger partial charge < -0.3 is 0 Å². The lowest BCUT2D eigenvalue weighted by atomic mass is 10.4. The molecule has 0 fully saturated rings. The quantitative estimate of drug-likeness (QED) is 0.818. The minimum absolute atomic E-state index is 0.395. The van der Waals surface area contributed by atoms with E-state index in [2.05, 4.69) is 4.98 Å². The first-order chi connectivity index (χ1) is 8.19. The van der Waals surface area contributed by atoms with Gasteiger partial charge in [-0.3, -0.25) is 0 Å². The smallest absolute Gasteiger partial charge is 0.140 e. The summed E-state index contributed by atoms with van der Waals surface area (Å²) in [6, 6.07) is 10.8. The molecule has 5 heteroatoms. The van der Waals surface area contributed by atoms with Crippen molar-refractivity contribution in [2.24, 2.45) is 0 Å². The van der Waals surface area contributed by atoms with Crippen LogP contribution in [0.4, 0.5) is 0 Å². The van der Waals surface area contributed by atoms with Gasteiger partial charge in [0.25, 0.3) is 0 Å². The van der Waals surface area contributed by atoms with Crippen LogP contribution in [0.25, 0.3) is 0 Å². The fourth-order valence-electron chi connectivity index (χ4n) is 1.19. The number of benzene rings is 1. The Balaban J connectivity index is 2.25. The van der Waals surface area contributed by atoms with Crippen molar-refractivity contribution in [3.63, 3.8) is 0 Å². The third kappa shape index (κ3) is 3.13. The molecule has 2 nitrogen and oxygen atoms in total. The van der Waals surface area contributed by atoms with Crippen LogP contribution in [-0.2, 0) is 0 Å². The van der Waals surface area contributed by atoms with E-state index in [-0.39, 0.29) is 0 Å². The Hall–Kier alpha value is -1.21. The van der Waals surface area contributed by atoms with Gasteiger partial charge in [0.05, 0.1) is 5.02 Å². The molecular formula is C12H6Cl2N2S. The molecule has 1 heterocycles. The zero-order chi connectivity index (χ0) is 12.3. The number of hydrogen-bond donors (Lipinski definition) is 0. The van der Waals surface area contributed by atoms with E-state index in [1.54, 1.807) is 30.5 Å². The van der Waals surface area contributed by atoms with E-state index >= 15 is 0 Å². The van der Waals surface area contributed by atoms with Crippen LogP contribution in [0, 0.1) is 11.3 Å². The number of nitrogens with zero attached hydrogens (tertiary/aromatic N) is 2. The van der Waals surface area contributed by atoms with Gasteiger partial charge in [0.1, 0.15) is 11.8 Å². The third-order valence-corrected chi connectivity index (χ3v) is 3.68. The standard InChI is InChI=1S/C12H6Cl2N2S/c13-8-1-4-11(14)12(5-8)17-10-3-2-9(6-15)16-7-10/h1-5,7H. The summed E-state index contributed by atoms with van der Waals surface area (Å²) in [6.45, 7) is 0. The van der Waals surface area contributed by atoms with Crippen molar-refractivity contribution in [3.8, 4) is 6.07 Å². The van der Waals surface area contributed by atoms with Crippen molar-refractivity contribution < 1.29 is 0 Å². The van der Waals surface area contributed by atoms with E-state index in [1.807, 2.05) is 12.1 Å². The van der Waals surface area contributed by atoms with Crippen molar-refractivity contribution in [1.29, 1.82) is 5.26 Å². The molecule has 0 atom stereocenters. The third-order valence-electron chi connectivity index (χ3n) is 1.97. The van der Waals surface area contributed by atoms with Gasteiger partial charge in [-0.25, -0.2) is 4.98 Å². The van der Waals surface area contributed by atoms with Gasteiger partial charge in [-0.2, -0.15) is 5.26 Å². The molecule has 2 aromatic rings. The number of halogens is 2. The predicted molar refractivity (Wildman–Crippen MR) is 69.5 cm³/mol. The van der Waals surface area contributed by atoms with Gasteiger partial charge in [-0.1, -0.05) is 35.0 Å². The number of rotatable bonds is 2. The summed E-state index contributed by atoms with van der Waals surface area (Å²) in [5, 5.41) is 9.92. The van der Waals surface area contributed by atoms with E-state index in [9.17, 15) is 0 Å². The highest BCUT2D eigenvalue weighted by molar-refractivity contribution is 7.99. The highest BCUT2D eigenvalue weighted by atomic mass is 35.5. The van der Waals surface area contributed by atoms with Crippen LogP contribution in [-0.4, -0.2) is 4.98 Å². The Morgan fingerprint density at radius 3 is 2.65 bits per heavy atom. The lowest BCUT2D eigenvalue weighted by Gasteiger charge is -2.04. The van der Waals surface area contributed by atoms with E-state index in [0.717, 1.165) is 9.79 Å². The molecule has 0 spiro atoms. The molecule has 1 aromatic carbocycles. The molecule has 0 amide bonds. The molecule has 0 aliphatic rings. The topological polar surface area (TPSA) is 36.7 Å². The van der Waals surface area contributed by atoms with Crippen molar-refractivity contribution in [1.82, 2.24) is 4.98 Å². The summed E-state index contributed by atoms with van der Waals surface area (Å²) in [7, 11) is 0. The number of aromatic nitrogens is 1. The van der Waals surface area contributed by atoms with Crippen LogP contribution in [0.15, 0.2) is 46.3 Å². The second-order valence-corrected chi connectivity index (χ2v) is 5.13. The Labute approximate surface area is 113 Å². The van der Waals surface area contributed by atoms with Crippen molar-refractivity contribution >= 4 is 35.0 Å². The molecule has 84 valence electrons. The average Bonchev–Trinajstić information content (AvgIpc) is 2.35. The van der Waals surface area contributed by atoms with E-state index in [4.69, 9.17) is 28.5 Å². The van der Waals surface area contributed by atoms with Crippen molar-refractivity contribution in [2.45, 2.75) is 9.79 Å². The molecule has 17 heavy (non-hydrogen) atoms. The molecule has 2 rings (SSSR count). The van der Waals surface area contributed by atoms with Crippen LogP contribution < -0.4 is 0 Å². The maximum Gasteiger partial charge on any atom is 0.140 e. The van der Waals surface area contributed by atoms with Crippen LogP contribution >= 0.6 is 35.0 Å². The minimum Gasteiger partial charge on any atom is -0.244 e. The largest absolute Gasteiger partial charge is 0.244 e. The van der Waals surface area contributed by atoms with E-state index in [1.165, 1.54) is 11.8 Å². The first-order valence-corrected chi connectivity index (χ1v) is 6.25. The highest BCUT2D eigenvalue weighted by Crippen LogP contribution is 2.34. The van der Waals surface area contributed by atoms with Gasteiger partial charge >= 0.3 is 0 Å². The summed E-state index contributed by atoms with van der Waals surface area (Å²) in [5.74, 6) is 0. The molecule has 0 aliphatic heterocycles. The lowest BCUT2D eigenvalue weighted by molar-refractivity contribution is 1.19. The molecule has 0 unspecified atom stereocenters. The van der Waals surface area contributed by atoms with Gasteiger partial charge in [0.2, 0.25) is 0 Å². The molecule has 1 aromatic heterocycles. The van der Waals surface area contributed by atoms with E-state index in [0.29, 0.717) is 15.7 Å². The second-order valence-electron chi connectivity index (χ2n) is 3.17. The Kier molecular flexibility index (Phi) is 3.90. The minimum atomic E-state index is 0.395. The monoisotopic (exact) mass is 280 g/mol. The highest BCUT2D eigenvalue weighted by Gasteiger charge is 2.04. The molecule has 0 saturated carbocycles. The Bertz CT molecular complexity index is 576. The lowest BCUT2D eigenvalue weighted by Crippen LogP contribution is -1.82. The first kappa shape index (κ1) is 12.3. The second kappa shape index (κ2) is 5.42. The fraction of sp³-hybridized carbons (Fsp3) is 0. The first-order valence-electron chi connectivity index (χ1n) is 4.68. The molecule has 0 aliphatic carbocycles. The molecule has 0 radical (unpaired) electrons. The van der Waals surface area contributed by atoms with E-state index < -0.39 is 0 Å². The fourth-order valence-corrected chi connectivity index (χ4v) is 2.51. The number of nitriles is 1. The summed E-state index contributed by atoms with van der Waals surface area (Å²) in [4.78, 5) is 5.76. The predicted octanol–water partition coefficient (Wildman–Crippen LogP) is 4.41. The zero-order valence-corrected chi connectivity index (χ0v) is 10.9. The van der Waals surface area contributed by atoms with Crippen LogP contribution in [0.3, 0.4) is 0 Å². The number of pyridine rings is 1. The zero-order valence-electron chi connectivity index (χ0n) is 8.52. The Morgan fingerprint density at radius 2 is 2.00 bits per heavy atom. The van der Waals surface area contributed by atoms with Crippen molar-refractivity contribution in [3.05, 3.63) is 52.3 Å².